The van der Waals surface area contributed by atoms with Crippen LogP contribution in [0.4, 0.5) is 0 Å². The van der Waals surface area contributed by atoms with Crippen molar-refractivity contribution in [3.05, 3.63) is 72.9 Å². The summed E-state index contributed by atoms with van der Waals surface area (Å²) in [5, 5.41) is 87.8. The fourth-order valence-electron chi connectivity index (χ4n) is 12.8. The molecule has 548 valence electrons. The van der Waals surface area contributed by atoms with Gasteiger partial charge >= 0.3 is 0 Å². The van der Waals surface area contributed by atoms with Crippen LogP contribution in [0.25, 0.3) is 0 Å². The Bertz CT molecular complexity index is 1860. The van der Waals surface area contributed by atoms with Gasteiger partial charge in [0.05, 0.1) is 32.0 Å². The lowest BCUT2D eigenvalue weighted by Gasteiger charge is -2.46. The number of hydrogen-bond donors (Lipinski definition) is 9. The maximum Gasteiger partial charge on any atom is 0.220 e. The van der Waals surface area contributed by atoms with Crippen LogP contribution in [0.2, 0.25) is 0 Å². The standard InChI is InChI=1S/C80H145NO13/c1-3-5-7-9-11-13-15-17-19-21-23-25-27-29-31-32-33-34-35-36-38-39-41-43-45-47-49-51-53-55-57-59-61-63-69(84)68(67-91-79-77(90)75(88)78(71(66-83)93-79)94-80-76(89)74(87)73(86)70(65-82)92-80)81-72(85)64-62-60-58-56-54-52-50-48-46-44-42-40-37-30-28-26-24-22-20-18-16-14-12-10-8-6-4-2/h6,8,12,14,18,20,24,26,30,37,42,44,68-71,73-80,82-84,86-90H,3-5,7,9-11,13,15-17,19,21-23,25,27-29,31-36,38-41,43,45-67H2,1-2H3,(H,81,85)/b8-6-,14-12-,20-18-,26-24-,37-30-,44-42-. The van der Waals surface area contributed by atoms with Gasteiger partial charge in [0.15, 0.2) is 12.6 Å². The third-order valence-corrected chi connectivity index (χ3v) is 18.9. The monoisotopic (exact) mass is 1330 g/mol. The Morgan fingerprint density at radius 2 is 0.734 bits per heavy atom. The molecule has 94 heavy (non-hydrogen) atoms. The Balaban J connectivity index is 1.63. The van der Waals surface area contributed by atoms with Crippen LogP contribution in [0.1, 0.15) is 335 Å². The lowest BCUT2D eigenvalue weighted by molar-refractivity contribution is -0.359. The van der Waals surface area contributed by atoms with Crippen molar-refractivity contribution < 1.29 is 64.6 Å². The third-order valence-electron chi connectivity index (χ3n) is 18.9. The molecular weight excluding hydrogens is 1180 g/mol. The van der Waals surface area contributed by atoms with Crippen LogP contribution < -0.4 is 5.32 Å². The molecule has 1 amide bonds. The van der Waals surface area contributed by atoms with Gasteiger partial charge in [-0.05, 0) is 64.2 Å². The van der Waals surface area contributed by atoms with Crippen LogP contribution in [-0.4, -0.2) is 140 Å². The van der Waals surface area contributed by atoms with E-state index in [1.807, 2.05) is 0 Å². The number of nitrogens with one attached hydrogen (secondary N) is 1. The van der Waals surface area contributed by atoms with Gasteiger partial charge < -0.3 is 65.1 Å². The molecule has 12 atom stereocenters. The van der Waals surface area contributed by atoms with E-state index in [1.54, 1.807) is 0 Å². The first-order chi connectivity index (χ1) is 46.1. The summed E-state index contributed by atoms with van der Waals surface area (Å²) >= 11 is 0. The Hall–Kier alpha value is -2.57. The van der Waals surface area contributed by atoms with E-state index in [2.05, 4.69) is 92.1 Å². The van der Waals surface area contributed by atoms with Crippen molar-refractivity contribution >= 4 is 5.91 Å². The maximum atomic E-state index is 13.4. The van der Waals surface area contributed by atoms with E-state index in [1.165, 1.54) is 212 Å². The van der Waals surface area contributed by atoms with E-state index in [-0.39, 0.29) is 12.5 Å². The molecule has 9 N–H and O–H groups in total. The van der Waals surface area contributed by atoms with Crippen molar-refractivity contribution in [2.75, 3.05) is 19.8 Å². The summed E-state index contributed by atoms with van der Waals surface area (Å²) < 4.78 is 23.0. The van der Waals surface area contributed by atoms with E-state index in [0.717, 1.165) is 89.9 Å². The lowest BCUT2D eigenvalue weighted by Crippen LogP contribution is -2.65. The lowest BCUT2D eigenvalue weighted by atomic mass is 9.97. The largest absolute Gasteiger partial charge is 0.394 e. The fourth-order valence-corrected chi connectivity index (χ4v) is 12.8. The molecule has 0 aromatic rings. The molecule has 2 aliphatic rings. The zero-order chi connectivity index (χ0) is 68.0. The number of unbranched alkanes of at least 4 members (excludes halogenated alkanes) is 40. The summed E-state index contributed by atoms with van der Waals surface area (Å²) in [4.78, 5) is 13.4. The number of carbonyl (C=O) groups excluding carboxylic acids is 1. The molecule has 14 nitrogen and oxygen atoms in total. The number of hydrogen-bond acceptors (Lipinski definition) is 13. The first kappa shape index (κ1) is 87.5. The number of aliphatic hydroxyl groups is 8. The van der Waals surface area contributed by atoms with Gasteiger partial charge in [0.25, 0.3) is 0 Å². The minimum atomic E-state index is -1.79. The average molecular weight is 1330 g/mol. The van der Waals surface area contributed by atoms with Gasteiger partial charge in [0.2, 0.25) is 5.91 Å². The maximum absolute atomic E-state index is 13.4. The first-order valence-corrected chi connectivity index (χ1v) is 39.2. The van der Waals surface area contributed by atoms with E-state index in [9.17, 15) is 45.6 Å². The van der Waals surface area contributed by atoms with E-state index in [4.69, 9.17) is 18.9 Å². The molecule has 0 spiro atoms. The Morgan fingerprint density at radius 1 is 0.394 bits per heavy atom. The van der Waals surface area contributed by atoms with Crippen molar-refractivity contribution in [2.24, 2.45) is 0 Å². The highest BCUT2D eigenvalue weighted by molar-refractivity contribution is 5.76. The van der Waals surface area contributed by atoms with Gasteiger partial charge in [-0.1, -0.05) is 337 Å². The van der Waals surface area contributed by atoms with Gasteiger partial charge in [-0.25, -0.2) is 0 Å². The van der Waals surface area contributed by atoms with Gasteiger partial charge in [-0.3, -0.25) is 4.79 Å². The number of rotatable bonds is 65. The second kappa shape index (κ2) is 63.8. The Labute approximate surface area is 574 Å². The average Bonchev–Trinajstić information content (AvgIpc) is 0.794. The minimum absolute atomic E-state index is 0.213. The minimum Gasteiger partial charge on any atom is -0.394 e. The highest BCUT2D eigenvalue weighted by Crippen LogP contribution is 2.30. The fraction of sp³-hybridized carbons (Fsp3) is 0.838. The van der Waals surface area contributed by atoms with Crippen LogP contribution >= 0.6 is 0 Å². The van der Waals surface area contributed by atoms with Crippen molar-refractivity contribution in [3.63, 3.8) is 0 Å². The summed E-state index contributed by atoms with van der Waals surface area (Å²) in [7, 11) is 0. The van der Waals surface area contributed by atoms with Crippen molar-refractivity contribution in [3.8, 4) is 0 Å². The van der Waals surface area contributed by atoms with Crippen LogP contribution in [-0.2, 0) is 23.7 Å². The molecule has 2 fully saturated rings. The van der Waals surface area contributed by atoms with Gasteiger partial charge in [-0.2, -0.15) is 0 Å². The van der Waals surface area contributed by atoms with E-state index in [0.29, 0.717) is 19.3 Å². The van der Waals surface area contributed by atoms with Gasteiger partial charge in [0, 0.05) is 6.42 Å². The van der Waals surface area contributed by atoms with Crippen LogP contribution in [0.5, 0.6) is 0 Å². The molecule has 0 saturated carbocycles. The van der Waals surface area contributed by atoms with E-state index >= 15 is 0 Å². The highest BCUT2D eigenvalue weighted by Gasteiger charge is 2.51. The Kier molecular flexibility index (Phi) is 59.4. The molecule has 0 aliphatic carbocycles. The normalized spacial score (nSPS) is 22.8. The third kappa shape index (κ3) is 46.7. The molecule has 12 unspecified atom stereocenters. The van der Waals surface area contributed by atoms with Gasteiger partial charge in [-0.15, -0.1) is 0 Å². The van der Waals surface area contributed by atoms with Crippen LogP contribution in [0.3, 0.4) is 0 Å². The van der Waals surface area contributed by atoms with Crippen molar-refractivity contribution in [1.29, 1.82) is 0 Å². The predicted molar refractivity (Wildman–Crippen MR) is 387 cm³/mol. The molecule has 2 heterocycles. The second-order valence-corrected chi connectivity index (χ2v) is 27.5. The molecule has 0 bridgehead atoms. The summed E-state index contributed by atoms with van der Waals surface area (Å²) in [6.45, 7) is 2.79. The summed E-state index contributed by atoms with van der Waals surface area (Å²) in [6.07, 6.45) is 70.8. The summed E-state index contributed by atoms with van der Waals surface area (Å²) in [5.41, 5.74) is 0. The number of amides is 1. The van der Waals surface area contributed by atoms with Crippen molar-refractivity contribution in [1.82, 2.24) is 5.32 Å². The smallest absolute Gasteiger partial charge is 0.220 e. The number of carbonyl (C=O) groups is 1. The number of aliphatic hydroxyl groups excluding tert-OH is 8. The number of allylic oxidation sites excluding steroid dienone is 12. The molecule has 2 aliphatic heterocycles. The topological polar surface area (TPSA) is 228 Å². The van der Waals surface area contributed by atoms with Crippen LogP contribution in [0.15, 0.2) is 72.9 Å². The predicted octanol–water partition coefficient (Wildman–Crippen LogP) is 17.4. The molecular formula is C80H145NO13. The molecule has 0 radical (unpaired) electrons. The van der Waals surface area contributed by atoms with E-state index < -0.39 is 86.8 Å². The van der Waals surface area contributed by atoms with Crippen molar-refractivity contribution in [2.45, 2.75) is 408 Å². The molecule has 0 aromatic heterocycles. The molecule has 14 heteroatoms. The molecule has 2 rings (SSSR count). The zero-order valence-corrected chi connectivity index (χ0v) is 60.0. The quantitative estimate of drug-likeness (QED) is 0.0204. The Morgan fingerprint density at radius 3 is 1.13 bits per heavy atom. The summed E-state index contributed by atoms with van der Waals surface area (Å²) in [5.74, 6) is -0.213. The molecule has 2 saturated heterocycles. The summed E-state index contributed by atoms with van der Waals surface area (Å²) in [6, 6.07) is -0.840. The van der Waals surface area contributed by atoms with Crippen LogP contribution in [0, 0.1) is 0 Å². The number of ether oxygens (including phenoxy) is 4. The highest BCUT2D eigenvalue weighted by atomic mass is 16.7. The second-order valence-electron chi connectivity index (χ2n) is 27.5. The first-order valence-electron chi connectivity index (χ1n) is 39.2. The SMILES string of the molecule is CC/C=C\C/C=C\C/C=C\C/C=C\C/C=C\C/C=C\CCCCCCCCCCC(=O)NC(COC1OC(CO)C(OC2OC(CO)C(O)C(O)C2O)C(O)C1O)C(O)CCCCCCCCCCCCCCCCCCCCCCCCCCCCCCCCCCC. The molecule has 0 aromatic carbocycles. The zero-order valence-electron chi connectivity index (χ0n) is 60.0. The van der Waals surface area contributed by atoms with Gasteiger partial charge in [0.1, 0.15) is 48.8 Å².